The van der Waals surface area contributed by atoms with Crippen LogP contribution in [0.25, 0.3) is 10.9 Å². The van der Waals surface area contributed by atoms with Crippen LogP contribution >= 0.6 is 11.6 Å². The molecular formula is C25H25ClN4O2. The third-order valence-electron chi connectivity index (χ3n) is 6.55. The van der Waals surface area contributed by atoms with Crippen LogP contribution in [0.15, 0.2) is 42.5 Å². The molecular weight excluding hydrogens is 424 g/mol. The molecule has 0 saturated heterocycles. The number of benzene rings is 2. The lowest BCUT2D eigenvalue weighted by molar-refractivity contribution is -0.119. The number of urea groups is 1. The van der Waals surface area contributed by atoms with Crippen molar-refractivity contribution in [2.75, 3.05) is 18.5 Å². The minimum atomic E-state index is -0.354. The molecule has 7 heteroatoms. The summed E-state index contributed by atoms with van der Waals surface area (Å²) in [5.41, 5.74) is 6.35. The number of carbonyl (C=O) groups is 2. The highest BCUT2D eigenvalue weighted by molar-refractivity contribution is 6.30. The molecule has 32 heavy (non-hydrogen) atoms. The fourth-order valence-electron chi connectivity index (χ4n) is 4.62. The third-order valence-corrected chi connectivity index (χ3v) is 6.78. The summed E-state index contributed by atoms with van der Waals surface area (Å²) in [5, 5.41) is 4.29. The topological polar surface area (TPSA) is 65.5 Å². The first-order valence-corrected chi connectivity index (χ1v) is 11.3. The second-order valence-corrected chi connectivity index (χ2v) is 9.19. The van der Waals surface area contributed by atoms with Crippen LogP contribution in [0.1, 0.15) is 29.3 Å². The fourth-order valence-corrected chi connectivity index (χ4v) is 4.82. The number of imide groups is 1. The normalized spacial score (nSPS) is 18.7. The van der Waals surface area contributed by atoms with Crippen LogP contribution in [0.4, 0.5) is 10.5 Å². The van der Waals surface area contributed by atoms with Crippen LogP contribution in [0.3, 0.4) is 0 Å². The van der Waals surface area contributed by atoms with Gasteiger partial charge in [0.25, 0.3) is 0 Å². The zero-order chi connectivity index (χ0) is 22.4. The van der Waals surface area contributed by atoms with E-state index in [0.717, 1.165) is 52.3 Å². The Bertz CT molecular complexity index is 1240. The van der Waals surface area contributed by atoms with Crippen LogP contribution in [0, 0.1) is 0 Å². The van der Waals surface area contributed by atoms with Crippen molar-refractivity contribution in [2.45, 2.75) is 38.8 Å². The number of pyridine rings is 1. The van der Waals surface area contributed by atoms with Gasteiger partial charge in [0.05, 0.1) is 24.2 Å². The summed E-state index contributed by atoms with van der Waals surface area (Å²) in [6.07, 6.45) is 1.85. The maximum Gasteiger partial charge on any atom is 0.324 e. The Morgan fingerprint density at radius 3 is 2.78 bits per heavy atom. The summed E-state index contributed by atoms with van der Waals surface area (Å²) in [6.45, 7) is 3.66. The van der Waals surface area contributed by atoms with Crippen molar-refractivity contribution >= 4 is 40.1 Å². The van der Waals surface area contributed by atoms with E-state index in [2.05, 4.69) is 34.5 Å². The van der Waals surface area contributed by atoms with Crippen LogP contribution in [0.2, 0.25) is 5.02 Å². The Labute approximate surface area is 192 Å². The molecule has 5 rings (SSSR count). The zero-order valence-corrected chi connectivity index (χ0v) is 18.9. The molecule has 3 amide bonds. The molecule has 1 N–H and O–H groups in total. The number of anilines is 1. The van der Waals surface area contributed by atoms with E-state index in [0.29, 0.717) is 6.42 Å². The van der Waals surface area contributed by atoms with Crippen molar-refractivity contribution in [1.82, 2.24) is 15.2 Å². The average molecular weight is 449 g/mol. The summed E-state index contributed by atoms with van der Waals surface area (Å²) in [6, 6.07) is 14.0. The van der Waals surface area contributed by atoms with E-state index in [9.17, 15) is 9.59 Å². The lowest BCUT2D eigenvalue weighted by Gasteiger charge is -2.24. The van der Waals surface area contributed by atoms with Crippen molar-refractivity contribution in [1.29, 1.82) is 0 Å². The molecule has 3 heterocycles. The highest BCUT2D eigenvalue weighted by Crippen LogP contribution is 2.31. The van der Waals surface area contributed by atoms with Gasteiger partial charge in [0.2, 0.25) is 5.91 Å². The number of hydrogen-bond acceptors (Lipinski definition) is 4. The first-order valence-electron chi connectivity index (χ1n) is 10.9. The van der Waals surface area contributed by atoms with Crippen molar-refractivity contribution in [2.24, 2.45) is 0 Å². The van der Waals surface area contributed by atoms with Crippen molar-refractivity contribution in [3.63, 3.8) is 0 Å². The van der Waals surface area contributed by atoms with Gasteiger partial charge in [-0.25, -0.2) is 4.79 Å². The van der Waals surface area contributed by atoms with Crippen molar-refractivity contribution < 1.29 is 9.59 Å². The summed E-state index contributed by atoms with van der Waals surface area (Å²) in [5.74, 6) is -0.292. The second kappa shape index (κ2) is 8.10. The highest BCUT2D eigenvalue weighted by atomic mass is 35.5. The van der Waals surface area contributed by atoms with E-state index in [1.165, 1.54) is 11.3 Å². The molecule has 2 aromatic carbocycles. The minimum absolute atomic E-state index is 0.0203. The Kier molecular flexibility index (Phi) is 5.25. The van der Waals surface area contributed by atoms with Gasteiger partial charge in [-0.05, 0) is 72.9 Å². The van der Waals surface area contributed by atoms with E-state index < -0.39 is 0 Å². The van der Waals surface area contributed by atoms with Crippen LogP contribution in [-0.4, -0.2) is 41.5 Å². The molecule has 2 aliphatic heterocycles. The molecule has 1 aromatic heterocycles. The molecule has 3 aromatic rings. The number of halogens is 1. The summed E-state index contributed by atoms with van der Waals surface area (Å²) in [7, 11) is 1.72. The number of nitrogens with one attached hydrogen (secondary N) is 1. The first kappa shape index (κ1) is 20.8. The SMILES string of the molecule is CC1Cc2cc3ccc(CN4CCc5cc(Cl)ccc54)nc3cc2CC(=O)NC(=O)N1C. The number of likely N-dealkylation sites (N-methyl/N-ethyl adjacent to an activating group) is 1. The molecule has 0 aliphatic carbocycles. The second-order valence-electron chi connectivity index (χ2n) is 8.75. The molecule has 0 fully saturated rings. The molecule has 6 nitrogen and oxygen atoms in total. The largest absolute Gasteiger partial charge is 0.365 e. The van der Waals surface area contributed by atoms with Crippen LogP contribution < -0.4 is 10.2 Å². The minimum Gasteiger partial charge on any atom is -0.365 e. The predicted molar refractivity (Wildman–Crippen MR) is 126 cm³/mol. The highest BCUT2D eigenvalue weighted by Gasteiger charge is 2.24. The van der Waals surface area contributed by atoms with E-state index >= 15 is 0 Å². The van der Waals surface area contributed by atoms with Crippen LogP contribution in [0.5, 0.6) is 0 Å². The molecule has 0 spiro atoms. The number of carbonyl (C=O) groups excluding carboxylic acids is 2. The van der Waals surface area contributed by atoms with Crippen LogP contribution in [-0.2, 0) is 30.6 Å². The van der Waals surface area contributed by atoms with Gasteiger partial charge in [-0.15, -0.1) is 0 Å². The summed E-state index contributed by atoms with van der Waals surface area (Å²) < 4.78 is 0. The van der Waals surface area contributed by atoms with Gasteiger partial charge < -0.3 is 9.80 Å². The Hall–Kier alpha value is -3.12. The monoisotopic (exact) mass is 448 g/mol. The van der Waals surface area contributed by atoms with Gasteiger partial charge in [0.1, 0.15) is 0 Å². The van der Waals surface area contributed by atoms with Gasteiger partial charge in [-0.1, -0.05) is 17.7 Å². The number of aromatic nitrogens is 1. The molecule has 0 radical (unpaired) electrons. The maximum atomic E-state index is 12.4. The first-order chi connectivity index (χ1) is 15.4. The molecule has 164 valence electrons. The average Bonchev–Trinajstić information content (AvgIpc) is 3.15. The van der Waals surface area contributed by atoms with E-state index in [1.54, 1.807) is 11.9 Å². The zero-order valence-electron chi connectivity index (χ0n) is 18.2. The molecule has 0 saturated carbocycles. The molecule has 1 atom stereocenters. The van der Waals surface area contributed by atoms with Gasteiger partial charge in [0, 0.05) is 35.7 Å². The number of nitrogens with zero attached hydrogens (tertiary/aromatic N) is 3. The summed E-state index contributed by atoms with van der Waals surface area (Å²) >= 11 is 6.14. The van der Waals surface area contributed by atoms with E-state index in [4.69, 9.17) is 16.6 Å². The van der Waals surface area contributed by atoms with Gasteiger partial charge in [-0.3, -0.25) is 15.1 Å². The molecule has 1 unspecified atom stereocenters. The number of amides is 3. The van der Waals surface area contributed by atoms with Gasteiger partial charge >= 0.3 is 6.03 Å². The van der Waals surface area contributed by atoms with E-state index in [-0.39, 0.29) is 24.4 Å². The lowest BCUT2D eigenvalue weighted by atomic mass is 9.96. The number of rotatable bonds is 2. The number of fused-ring (bicyclic) bond motifs is 3. The Balaban J connectivity index is 1.46. The van der Waals surface area contributed by atoms with E-state index in [1.807, 2.05) is 25.1 Å². The van der Waals surface area contributed by atoms with Crippen molar-refractivity contribution in [3.05, 3.63) is 69.9 Å². The third kappa shape index (κ3) is 3.91. The number of hydrogen-bond donors (Lipinski definition) is 1. The fraction of sp³-hybridized carbons (Fsp3) is 0.320. The Morgan fingerprint density at radius 2 is 1.94 bits per heavy atom. The molecule has 2 aliphatic rings. The van der Waals surface area contributed by atoms with Crippen molar-refractivity contribution in [3.8, 4) is 0 Å². The quantitative estimate of drug-likeness (QED) is 0.640. The maximum absolute atomic E-state index is 12.4. The lowest BCUT2D eigenvalue weighted by Crippen LogP contribution is -2.45. The molecule has 0 bridgehead atoms. The standard InChI is InChI=1S/C25H25ClN4O2/c1-15-9-18-10-16-3-5-21(14-30-8-7-17-11-20(26)4-6-23(17)30)27-22(16)12-19(18)13-24(31)28-25(32)29(15)2/h3-6,10-12,15H,7-9,13-14H2,1-2H3,(H,28,31,32). The van der Waals surface area contributed by atoms with Gasteiger partial charge in [0.15, 0.2) is 0 Å². The van der Waals surface area contributed by atoms with Gasteiger partial charge in [-0.2, -0.15) is 0 Å². The smallest absolute Gasteiger partial charge is 0.324 e. The summed E-state index contributed by atoms with van der Waals surface area (Å²) in [4.78, 5) is 33.4. The Morgan fingerprint density at radius 1 is 1.09 bits per heavy atom. The predicted octanol–water partition coefficient (Wildman–Crippen LogP) is 4.11.